The van der Waals surface area contributed by atoms with E-state index in [1.54, 1.807) is 0 Å². The maximum Gasteiger partial charge on any atom is 0.0693 e. The van der Waals surface area contributed by atoms with E-state index in [0.29, 0.717) is 5.92 Å². The maximum absolute atomic E-state index is 9.83. The number of anilines is 1. The first kappa shape index (κ1) is 12.4. The topological polar surface area (TPSA) is 49.5 Å². The van der Waals surface area contributed by atoms with Crippen LogP contribution in [0.3, 0.4) is 0 Å². The highest BCUT2D eigenvalue weighted by Crippen LogP contribution is 2.18. The summed E-state index contributed by atoms with van der Waals surface area (Å²) < 4.78 is 0. The molecule has 0 aliphatic carbocycles. The van der Waals surface area contributed by atoms with Gasteiger partial charge >= 0.3 is 0 Å². The van der Waals surface area contributed by atoms with Crippen LogP contribution in [0.25, 0.3) is 0 Å². The van der Waals surface area contributed by atoms with E-state index in [9.17, 15) is 5.11 Å². The van der Waals surface area contributed by atoms with Crippen LogP contribution in [0.1, 0.15) is 18.9 Å². The molecule has 0 spiro atoms. The molecule has 0 saturated carbocycles. The zero-order valence-corrected chi connectivity index (χ0v) is 10.5. The molecule has 1 aromatic carbocycles. The van der Waals surface area contributed by atoms with Crippen LogP contribution in [0.2, 0.25) is 0 Å². The zero-order chi connectivity index (χ0) is 12.3. The van der Waals surface area contributed by atoms with Crippen molar-refractivity contribution in [1.82, 2.24) is 4.90 Å². The number of aliphatic hydroxyl groups excluding tert-OH is 1. The fourth-order valence-electron chi connectivity index (χ4n) is 2.36. The molecular formula is C14H22N2O. The largest absolute Gasteiger partial charge is 0.399 e. The van der Waals surface area contributed by atoms with Crippen LogP contribution < -0.4 is 5.73 Å². The van der Waals surface area contributed by atoms with Gasteiger partial charge in [0.2, 0.25) is 0 Å². The SMILES string of the molecule is CC1CCN(CCc2ccccc2N)CC1O. The van der Waals surface area contributed by atoms with Gasteiger partial charge in [-0.3, -0.25) is 0 Å². The molecule has 3 nitrogen and oxygen atoms in total. The fourth-order valence-corrected chi connectivity index (χ4v) is 2.36. The summed E-state index contributed by atoms with van der Waals surface area (Å²) in [6.07, 6.45) is 1.89. The second-order valence-electron chi connectivity index (χ2n) is 5.08. The lowest BCUT2D eigenvalue weighted by Gasteiger charge is -2.34. The van der Waals surface area contributed by atoms with Crippen molar-refractivity contribution in [2.75, 3.05) is 25.4 Å². The van der Waals surface area contributed by atoms with Gasteiger partial charge in [-0.25, -0.2) is 0 Å². The average molecular weight is 234 g/mol. The summed E-state index contributed by atoms with van der Waals surface area (Å²) in [7, 11) is 0. The van der Waals surface area contributed by atoms with Crippen LogP contribution in [-0.2, 0) is 6.42 Å². The molecule has 17 heavy (non-hydrogen) atoms. The molecule has 2 rings (SSSR count). The molecule has 1 fully saturated rings. The number of nitrogens with two attached hydrogens (primary N) is 1. The van der Waals surface area contributed by atoms with Crippen LogP contribution in [0.5, 0.6) is 0 Å². The first-order valence-corrected chi connectivity index (χ1v) is 6.40. The van der Waals surface area contributed by atoms with Crippen molar-refractivity contribution in [3.8, 4) is 0 Å². The highest BCUT2D eigenvalue weighted by atomic mass is 16.3. The average Bonchev–Trinajstić information content (AvgIpc) is 2.32. The van der Waals surface area contributed by atoms with E-state index in [0.717, 1.165) is 38.2 Å². The molecule has 2 unspecified atom stereocenters. The highest BCUT2D eigenvalue weighted by Gasteiger charge is 2.23. The second-order valence-corrected chi connectivity index (χ2v) is 5.08. The van der Waals surface area contributed by atoms with Crippen molar-refractivity contribution in [1.29, 1.82) is 0 Å². The Labute approximate surface area is 103 Å². The Balaban J connectivity index is 1.85. The molecule has 1 heterocycles. The predicted octanol–water partition coefficient (Wildman–Crippen LogP) is 1.51. The summed E-state index contributed by atoms with van der Waals surface area (Å²) in [6, 6.07) is 8.02. The maximum atomic E-state index is 9.83. The number of aliphatic hydroxyl groups is 1. The normalized spacial score (nSPS) is 26.0. The number of β-amino-alcohol motifs (C(OH)–C–C–N with tert-alkyl or cyclic N) is 1. The monoisotopic (exact) mass is 234 g/mol. The third-order valence-electron chi connectivity index (χ3n) is 3.76. The van der Waals surface area contributed by atoms with E-state index in [1.165, 1.54) is 5.56 Å². The first-order chi connectivity index (χ1) is 8.16. The van der Waals surface area contributed by atoms with Gasteiger partial charge in [0.15, 0.2) is 0 Å². The van der Waals surface area contributed by atoms with Crippen molar-refractivity contribution >= 4 is 5.69 Å². The number of nitrogens with zero attached hydrogens (tertiary/aromatic N) is 1. The second kappa shape index (κ2) is 5.52. The van der Waals surface area contributed by atoms with Crippen LogP contribution >= 0.6 is 0 Å². The predicted molar refractivity (Wildman–Crippen MR) is 70.8 cm³/mol. The van der Waals surface area contributed by atoms with Gasteiger partial charge in [0.05, 0.1) is 6.10 Å². The van der Waals surface area contributed by atoms with E-state index in [4.69, 9.17) is 5.73 Å². The molecule has 1 saturated heterocycles. The van der Waals surface area contributed by atoms with Crippen molar-refractivity contribution in [2.45, 2.75) is 25.9 Å². The third kappa shape index (κ3) is 3.20. The zero-order valence-electron chi connectivity index (χ0n) is 10.5. The number of hydrogen-bond donors (Lipinski definition) is 2. The highest BCUT2D eigenvalue weighted by molar-refractivity contribution is 5.46. The summed E-state index contributed by atoms with van der Waals surface area (Å²) >= 11 is 0. The van der Waals surface area contributed by atoms with Crippen molar-refractivity contribution < 1.29 is 5.11 Å². The van der Waals surface area contributed by atoms with Gasteiger partial charge in [0.1, 0.15) is 0 Å². The van der Waals surface area contributed by atoms with Crippen molar-refractivity contribution in [3.63, 3.8) is 0 Å². The van der Waals surface area contributed by atoms with Gasteiger partial charge in [0, 0.05) is 18.8 Å². The summed E-state index contributed by atoms with van der Waals surface area (Å²) in [5, 5.41) is 9.83. The number of benzene rings is 1. The minimum absolute atomic E-state index is 0.170. The van der Waals surface area contributed by atoms with E-state index in [-0.39, 0.29) is 6.10 Å². The summed E-state index contributed by atoms with van der Waals surface area (Å²) in [6.45, 7) is 4.99. The fraction of sp³-hybridized carbons (Fsp3) is 0.571. The van der Waals surface area contributed by atoms with E-state index < -0.39 is 0 Å². The van der Waals surface area contributed by atoms with Crippen molar-refractivity contribution in [3.05, 3.63) is 29.8 Å². The smallest absolute Gasteiger partial charge is 0.0693 e. The Morgan fingerprint density at radius 2 is 2.18 bits per heavy atom. The molecule has 1 aromatic rings. The minimum Gasteiger partial charge on any atom is -0.399 e. The number of hydrogen-bond acceptors (Lipinski definition) is 3. The van der Waals surface area contributed by atoms with Gasteiger partial charge in [-0.2, -0.15) is 0 Å². The van der Waals surface area contributed by atoms with Crippen LogP contribution in [0, 0.1) is 5.92 Å². The van der Waals surface area contributed by atoms with Gasteiger partial charge in [-0.15, -0.1) is 0 Å². The Bertz CT molecular complexity index is 367. The number of likely N-dealkylation sites (tertiary alicyclic amines) is 1. The molecule has 1 aliphatic rings. The molecule has 0 bridgehead atoms. The lowest BCUT2D eigenvalue weighted by molar-refractivity contribution is 0.0298. The minimum atomic E-state index is -0.170. The molecule has 0 aromatic heterocycles. The van der Waals surface area contributed by atoms with Crippen molar-refractivity contribution in [2.24, 2.45) is 5.92 Å². The lowest BCUT2D eigenvalue weighted by Crippen LogP contribution is -2.43. The number of para-hydroxylation sites is 1. The molecule has 3 N–H and O–H groups in total. The van der Waals surface area contributed by atoms with Gasteiger partial charge in [-0.05, 0) is 36.9 Å². The molecular weight excluding hydrogens is 212 g/mol. The summed E-state index contributed by atoms with van der Waals surface area (Å²) in [4.78, 5) is 2.33. The standard InChI is InChI=1S/C14H22N2O/c1-11-6-8-16(10-14(11)17)9-7-12-4-2-3-5-13(12)15/h2-5,11,14,17H,6-10,15H2,1H3. The Hall–Kier alpha value is -1.06. The van der Waals surface area contributed by atoms with Crippen LogP contribution in [0.4, 0.5) is 5.69 Å². The van der Waals surface area contributed by atoms with E-state index in [2.05, 4.69) is 17.9 Å². The van der Waals surface area contributed by atoms with E-state index >= 15 is 0 Å². The molecule has 0 radical (unpaired) electrons. The Morgan fingerprint density at radius 3 is 2.88 bits per heavy atom. The van der Waals surface area contributed by atoms with Crippen LogP contribution in [0.15, 0.2) is 24.3 Å². The number of rotatable bonds is 3. The molecule has 94 valence electrons. The first-order valence-electron chi connectivity index (χ1n) is 6.40. The number of nitrogen functional groups attached to an aromatic ring is 1. The summed E-state index contributed by atoms with van der Waals surface area (Å²) in [5.41, 5.74) is 8.00. The lowest BCUT2D eigenvalue weighted by atomic mass is 9.96. The third-order valence-corrected chi connectivity index (χ3v) is 3.76. The number of piperidine rings is 1. The van der Waals surface area contributed by atoms with Crippen LogP contribution in [-0.4, -0.2) is 35.7 Å². The summed E-state index contributed by atoms with van der Waals surface area (Å²) in [5.74, 6) is 0.438. The van der Waals surface area contributed by atoms with E-state index in [1.807, 2.05) is 18.2 Å². The Kier molecular flexibility index (Phi) is 4.02. The van der Waals surface area contributed by atoms with Gasteiger partial charge in [0.25, 0.3) is 0 Å². The molecule has 0 amide bonds. The quantitative estimate of drug-likeness (QED) is 0.780. The Morgan fingerprint density at radius 1 is 1.41 bits per heavy atom. The molecule has 2 atom stereocenters. The van der Waals surface area contributed by atoms with Gasteiger partial charge < -0.3 is 15.7 Å². The van der Waals surface area contributed by atoms with Gasteiger partial charge in [-0.1, -0.05) is 25.1 Å². The molecule has 1 aliphatic heterocycles. The molecule has 3 heteroatoms.